The fourth-order valence-corrected chi connectivity index (χ4v) is 2.55. The van der Waals surface area contributed by atoms with Crippen molar-refractivity contribution in [2.75, 3.05) is 0 Å². The first-order chi connectivity index (χ1) is 6.02. The van der Waals surface area contributed by atoms with Crippen LogP contribution in [-0.4, -0.2) is 11.1 Å². The van der Waals surface area contributed by atoms with Crippen LogP contribution in [0, 0.1) is 0 Å². The maximum Gasteiger partial charge on any atom is 0.337 e. The van der Waals surface area contributed by atoms with Crippen molar-refractivity contribution < 1.29 is 9.90 Å². The third kappa shape index (κ3) is 2.42. The van der Waals surface area contributed by atoms with E-state index in [9.17, 15) is 4.79 Å². The fraction of sp³-hybridized carbons (Fsp3) is 0.222. The average molecular weight is 261 g/mol. The van der Waals surface area contributed by atoms with E-state index in [4.69, 9.17) is 5.11 Å². The molecule has 0 unspecified atom stereocenters. The summed E-state index contributed by atoms with van der Waals surface area (Å²) in [6.07, 6.45) is 0. The SMILES string of the molecule is CC(C)=C(C(=O)O)c1ccc(Br)s1. The van der Waals surface area contributed by atoms with Gasteiger partial charge in [0.15, 0.2) is 0 Å². The first-order valence-corrected chi connectivity index (χ1v) is 5.30. The van der Waals surface area contributed by atoms with Gasteiger partial charge >= 0.3 is 5.97 Å². The van der Waals surface area contributed by atoms with Gasteiger partial charge in [-0.25, -0.2) is 4.79 Å². The number of carboxylic acids is 1. The summed E-state index contributed by atoms with van der Waals surface area (Å²) in [5.74, 6) is -0.866. The van der Waals surface area contributed by atoms with Crippen LogP contribution in [-0.2, 0) is 4.79 Å². The number of hydrogen-bond acceptors (Lipinski definition) is 2. The number of hydrogen-bond donors (Lipinski definition) is 1. The molecule has 0 radical (unpaired) electrons. The summed E-state index contributed by atoms with van der Waals surface area (Å²) in [5.41, 5.74) is 1.22. The maximum atomic E-state index is 10.9. The first kappa shape index (κ1) is 10.5. The highest BCUT2D eigenvalue weighted by Crippen LogP contribution is 2.29. The summed E-state index contributed by atoms with van der Waals surface area (Å²) >= 11 is 4.73. The van der Waals surface area contributed by atoms with Gasteiger partial charge in [0.1, 0.15) is 0 Å². The molecule has 0 bridgehead atoms. The van der Waals surface area contributed by atoms with Gasteiger partial charge in [-0.05, 0) is 41.9 Å². The molecule has 0 aromatic carbocycles. The minimum Gasteiger partial charge on any atom is -0.478 e. The Morgan fingerprint density at radius 3 is 2.38 bits per heavy atom. The van der Waals surface area contributed by atoms with Crippen LogP contribution >= 0.6 is 27.3 Å². The lowest BCUT2D eigenvalue weighted by Crippen LogP contribution is -1.99. The second kappa shape index (κ2) is 4.07. The average Bonchev–Trinajstić information content (AvgIpc) is 2.34. The molecule has 0 saturated heterocycles. The molecule has 0 saturated carbocycles. The highest BCUT2D eigenvalue weighted by Gasteiger charge is 2.13. The highest BCUT2D eigenvalue weighted by atomic mass is 79.9. The Labute approximate surface area is 89.0 Å². The molecule has 2 nitrogen and oxygen atoms in total. The molecule has 0 fully saturated rings. The van der Waals surface area contributed by atoms with E-state index < -0.39 is 5.97 Å². The molecule has 0 spiro atoms. The van der Waals surface area contributed by atoms with E-state index in [1.54, 1.807) is 13.8 Å². The van der Waals surface area contributed by atoms with E-state index in [1.165, 1.54) is 11.3 Å². The molecule has 70 valence electrons. The van der Waals surface area contributed by atoms with Crippen LogP contribution in [0.4, 0.5) is 0 Å². The van der Waals surface area contributed by atoms with Gasteiger partial charge in [-0.3, -0.25) is 0 Å². The Hall–Kier alpha value is -0.610. The largest absolute Gasteiger partial charge is 0.478 e. The molecular formula is C9H9BrO2S. The first-order valence-electron chi connectivity index (χ1n) is 3.69. The molecule has 0 aliphatic carbocycles. The van der Waals surface area contributed by atoms with Crippen molar-refractivity contribution in [3.63, 3.8) is 0 Å². The monoisotopic (exact) mass is 260 g/mol. The minimum atomic E-state index is -0.866. The van der Waals surface area contributed by atoms with Crippen molar-refractivity contribution in [1.82, 2.24) is 0 Å². The molecule has 1 aromatic heterocycles. The van der Waals surface area contributed by atoms with E-state index in [1.807, 2.05) is 12.1 Å². The summed E-state index contributed by atoms with van der Waals surface area (Å²) in [7, 11) is 0. The predicted molar refractivity (Wildman–Crippen MR) is 57.9 cm³/mol. The van der Waals surface area contributed by atoms with Gasteiger partial charge in [0.25, 0.3) is 0 Å². The summed E-state index contributed by atoms with van der Waals surface area (Å²) in [6.45, 7) is 3.61. The van der Waals surface area contributed by atoms with Gasteiger partial charge in [-0.15, -0.1) is 11.3 Å². The molecule has 1 N–H and O–H groups in total. The lowest BCUT2D eigenvalue weighted by atomic mass is 10.1. The second-order valence-corrected chi connectivity index (χ2v) is 5.25. The lowest BCUT2D eigenvalue weighted by Gasteiger charge is -2.00. The zero-order chi connectivity index (χ0) is 10.0. The van der Waals surface area contributed by atoms with Crippen molar-refractivity contribution in [2.45, 2.75) is 13.8 Å². The Morgan fingerprint density at radius 1 is 1.46 bits per heavy atom. The van der Waals surface area contributed by atoms with Crippen LogP contribution in [0.5, 0.6) is 0 Å². The molecule has 1 heterocycles. The molecule has 1 aromatic rings. The third-order valence-electron chi connectivity index (χ3n) is 1.53. The number of carbonyl (C=O) groups is 1. The Kier molecular flexibility index (Phi) is 3.27. The molecule has 0 atom stereocenters. The highest BCUT2D eigenvalue weighted by molar-refractivity contribution is 9.11. The molecular weight excluding hydrogens is 252 g/mol. The van der Waals surface area contributed by atoms with E-state index in [-0.39, 0.29) is 0 Å². The topological polar surface area (TPSA) is 37.3 Å². The Balaban J connectivity index is 3.19. The smallest absolute Gasteiger partial charge is 0.337 e. The Morgan fingerprint density at radius 2 is 2.08 bits per heavy atom. The lowest BCUT2D eigenvalue weighted by molar-refractivity contribution is -0.130. The number of aliphatic carboxylic acids is 1. The number of rotatable bonds is 2. The van der Waals surface area contributed by atoms with Crippen LogP contribution in [0.25, 0.3) is 5.57 Å². The quantitative estimate of drug-likeness (QED) is 0.828. The summed E-state index contributed by atoms with van der Waals surface area (Å²) in [6, 6.07) is 3.66. The van der Waals surface area contributed by atoms with E-state index in [2.05, 4.69) is 15.9 Å². The van der Waals surface area contributed by atoms with Crippen LogP contribution < -0.4 is 0 Å². The standard InChI is InChI=1S/C9H9BrO2S/c1-5(2)8(9(11)12)6-3-4-7(10)13-6/h3-4H,1-2H3,(H,11,12). The zero-order valence-corrected chi connectivity index (χ0v) is 9.70. The Bertz CT molecular complexity index is 361. The number of thiophene rings is 1. The van der Waals surface area contributed by atoms with Gasteiger partial charge in [0, 0.05) is 4.88 Å². The van der Waals surface area contributed by atoms with E-state index >= 15 is 0 Å². The van der Waals surface area contributed by atoms with E-state index in [0.29, 0.717) is 5.57 Å². The predicted octanol–water partition coefficient (Wildman–Crippen LogP) is 3.39. The van der Waals surface area contributed by atoms with Gasteiger partial charge in [-0.2, -0.15) is 0 Å². The zero-order valence-electron chi connectivity index (χ0n) is 7.30. The molecule has 0 amide bonds. The number of allylic oxidation sites excluding steroid dienone is 1. The van der Waals surface area contributed by atoms with Crippen molar-refractivity contribution >= 4 is 38.8 Å². The third-order valence-corrected chi connectivity index (χ3v) is 3.17. The normalized spacial score (nSPS) is 9.77. The molecule has 13 heavy (non-hydrogen) atoms. The minimum absolute atomic E-state index is 0.399. The van der Waals surface area contributed by atoms with Gasteiger partial charge in [0.2, 0.25) is 0 Å². The second-order valence-electron chi connectivity index (χ2n) is 2.78. The maximum absolute atomic E-state index is 10.9. The molecule has 0 aliphatic heterocycles. The van der Waals surface area contributed by atoms with Gasteiger partial charge < -0.3 is 5.11 Å². The molecule has 1 rings (SSSR count). The summed E-state index contributed by atoms with van der Waals surface area (Å²) in [4.78, 5) is 11.7. The van der Waals surface area contributed by atoms with Crippen molar-refractivity contribution in [3.05, 3.63) is 26.4 Å². The molecule has 4 heteroatoms. The number of halogens is 1. The van der Waals surface area contributed by atoms with Gasteiger partial charge in [-0.1, -0.05) is 5.57 Å². The summed E-state index contributed by atoms with van der Waals surface area (Å²) in [5, 5.41) is 8.94. The van der Waals surface area contributed by atoms with Crippen LogP contribution in [0.3, 0.4) is 0 Å². The van der Waals surface area contributed by atoms with Crippen molar-refractivity contribution in [2.24, 2.45) is 0 Å². The summed E-state index contributed by atoms with van der Waals surface area (Å²) < 4.78 is 0.947. The van der Waals surface area contributed by atoms with E-state index in [0.717, 1.165) is 14.2 Å². The van der Waals surface area contributed by atoms with Crippen LogP contribution in [0.1, 0.15) is 18.7 Å². The number of carboxylic acid groups (broad SMARTS) is 1. The van der Waals surface area contributed by atoms with Crippen LogP contribution in [0.15, 0.2) is 21.5 Å². The fourth-order valence-electron chi connectivity index (χ4n) is 1.01. The molecule has 0 aliphatic rings. The van der Waals surface area contributed by atoms with Crippen molar-refractivity contribution in [3.8, 4) is 0 Å². The van der Waals surface area contributed by atoms with Crippen molar-refractivity contribution in [1.29, 1.82) is 0 Å². The van der Waals surface area contributed by atoms with Crippen LogP contribution in [0.2, 0.25) is 0 Å². The van der Waals surface area contributed by atoms with Gasteiger partial charge in [0.05, 0.1) is 9.36 Å².